The predicted molar refractivity (Wildman–Crippen MR) is 107 cm³/mol. The highest BCUT2D eigenvalue weighted by atomic mass is 16.5. The molecule has 0 aliphatic heterocycles. The van der Waals surface area contributed by atoms with Crippen molar-refractivity contribution in [1.29, 1.82) is 0 Å². The number of anilines is 1. The smallest absolute Gasteiger partial charge is 0.239 e. The van der Waals surface area contributed by atoms with E-state index in [9.17, 15) is 4.79 Å². The third-order valence-electron chi connectivity index (χ3n) is 4.44. The molecule has 0 aliphatic carbocycles. The first-order chi connectivity index (χ1) is 14.7. The maximum atomic E-state index is 12.5. The van der Waals surface area contributed by atoms with Crippen LogP contribution in [0.25, 0.3) is 22.7 Å². The molecule has 2 N–H and O–H groups in total. The monoisotopic (exact) mass is 410 g/mol. The van der Waals surface area contributed by atoms with E-state index in [2.05, 4.69) is 35.6 Å². The van der Waals surface area contributed by atoms with Gasteiger partial charge in [-0.1, -0.05) is 17.3 Å². The minimum absolute atomic E-state index is 0.181. The molecule has 0 atom stereocenters. The maximum absolute atomic E-state index is 12.5. The molecule has 0 saturated heterocycles. The van der Waals surface area contributed by atoms with E-state index in [4.69, 9.17) is 9.26 Å². The number of nitrogens with one attached hydrogen (secondary N) is 2. The molecule has 0 aliphatic rings. The average Bonchev–Trinajstić information content (AvgIpc) is 3.49. The molecule has 0 saturated carbocycles. The molecule has 11 heteroatoms. The fourth-order valence-corrected chi connectivity index (χ4v) is 3.04. The summed E-state index contributed by atoms with van der Waals surface area (Å²) < 4.78 is 12.6. The van der Waals surface area contributed by atoms with Gasteiger partial charge >= 0.3 is 0 Å². The molecule has 1 amide bonds. The van der Waals surface area contributed by atoms with Gasteiger partial charge in [0.2, 0.25) is 23.6 Å². The molecule has 0 spiro atoms. The number of aromatic nitrogens is 7. The summed E-state index contributed by atoms with van der Waals surface area (Å²) in [6.07, 6.45) is 2.67. The highest BCUT2D eigenvalue weighted by molar-refractivity contribution is 5.91. The highest BCUT2D eigenvalue weighted by Crippen LogP contribution is 2.20. The fourth-order valence-electron chi connectivity index (χ4n) is 3.04. The van der Waals surface area contributed by atoms with Gasteiger partial charge in [-0.25, -0.2) is 9.97 Å². The molecule has 0 unspecified atom stereocenters. The number of para-hydroxylation sites is 2. The molecule has 0 bridgehead atoms. The number of amides is 1. The summed E-state index contributed by atoms with van der Waals surface area (Å²) >= 11 is 0. The molecule has 3 aromatic heterocycles. The highest BCUT2D eigenvalue weighted by Gasteiger charge is 2.15. The van der Waals surface area contributed by atoms with Crippen molar-refractivity contribution in [3.8, 4) is 11.6 Å². The molecule has 1 aromatic carbocycles. The van der Waals surface area contributed by atoms with Crippen LogP contribution >= 0.6 is 0 Å². The van der Waals surface area contributed by atoms with Crippen LogP contribution in [0.5, 0.6) is 0 Å². The Bertz CT molecular complexity index is 1100. The van der Waals surface area contributed by atoms with Gasteiger partial charge in [0, 0.05) is 32.6 Å². The lowest BCUT2D eigenvalue weighted by Crippen LogP contribution is -2.17. The van der Waals surface area contributed by atoms with Crippen LogP contribution in [-0.4, -0.2) is 54.0 Å². The van der Waals surface area contributed by atoms with Gasteiger partial charge in [0.15, 0.2) is 5.82 Å². The van der Waals surface area contributed by atoms with Crippen LogP contribution in [0, 0.1) is 0 Å². The number of aromatic amines is 1. The van der Waals surface area contributed by atoms with Crippen molar-refractivity contribution in [3.63, 3.8) is 0 Å². The molecule has 156 valence electrons. The Morgan fingerprint density at radius 1 is 1.30 bits per heavy atom. The maximum Gasteiger partial charge on any atom is 0.239 e. The van der Waals surface area contributed by atoms with Crippen LogP contribution in [0.15, 0.2) is 35.1 Å². The SMILES string of the molecule is CCOCCCn1c(NC(=O)CCc2nc(-c3ncn[nH]3)no2)nc2ccccc21. The van der Waals surface area contributed by atoms with Crippen LogP contribution in [0.4, 0.5) is 5.95 Å². The van der Waals surface area contributed by atoms with Crippen molar-refractivity contribution in [2.24, 2.45) is 0 Å². The van der Waals surface area contributed by atoms with Gasteiger partial charge in [-0.15, -0.1) is 0 Å². The number of fused-ring (bicyclic) bond motifs is 1. The summed E-state index contributed by atoms with van der Waals surface area (Å²) in [4.78, 5) is 25.3. The third kappa shape index (κ3) is 4.51. The number of carbonyl (C=O) groups excluding carboxylic acids is 1. The lowest BCUT2D eigenvalue weighted by atomic mass is 10.3. The molecule has 11 nitrogen and oxygen atoms in total. The van der Waals surface area contributed by atoms with Crippen molar-refractivity contribution in [3.05, 3.63) is 36.5 Å². The lowest BCUT2D eigenvalue weighted by Gasteiger charge is -2.10. The number of nitrogens with zero attached hydrogens (tertiary/aromatic N) is 6. The van der Waals surface area contributed by atoms with Gasteiger partial charge in [-0.3, -0.25) is 15.2 Å². The van der Waals surface area contributed by atoms with Crippen LogP contribution in [-0.2, 0) is 22.5 Å². The summed E-state index contributed by atoms with van der Waals surface area (Å²) in [5.41, 5.74) is 1.80. The number of hydrogen-bond donors (Lipinski definition) is 2. The summed E-state index contributed by atoms with van der Waals surface area (Å²) in [7, 11) is 0. The van der Waals surface area contributed by atoms with Gasteiger partial charge < -0.3 is 13.8 Å². The van der Waals surface area contributed by atoms with E-state index in [1.54, 1.807) is 0 Å². The average molecular weight is 410 g/mol. The zero-order valence-corrected chi connectivity index (χ0v) is 16.5. The second-order valence-corrected chi connectivity index (χ2v) is 6.52. The molecule has 4 rings (SSSR count). The fraction of sp³-hybridized carbons (Fsp3) is 0.368. The van der Waals surface area contributed by atoms with Gasteiger partial charge in [-0.05, 0) is 25.5 Å². The Labute approximate surface area is 171 Å². The third-order valence-corrected chi connectivity index (χ3v) is 4.44. The standard InChI is InChI=1S/C19H22N8O3/c1-2-29-11-5-10-27-14-7-4-3-6-13(14)22-19(27)23-15(28)8-9-16-24-18(26-30-16)17-20-12-21-25-17/h3-4,6-7,12H,2,5,8-11H2,1H3,(H,20,21,25)(H,22,23,28). The number of aryl methyl sites for hydroxylation is 2. The summed E-state index contributed by atoms with van der Waals surface area (Å²) in [6.45, 7) is 4.00. The van der Waals surface area contributed by atoms with Crippen molar-refractivity contribution >= 4 is 22.9 Å². The quantitative estimate of drug-likeness (QED) is 0.380. The van der Waals surface area contributed by atoms with Crippen LogP contribution in [0.2, 0.25) is 0 Å². The van der Waals surface area contributed by atoms with Gasteiger partial charge in [0.25, 0.3) is 0 Å². The van der Waals surface area contributed by atoms with E-state index in [0.29, 0.717) is 49.7 Å². The van der Waals surface area contributed by atoms with Gasteiger partial charge in [-0.2, -0.15) is 10.1 Å². The number of hydrogen-bond acceptors (Lipinski definition) is 8. The van der Waals surface area contributed by atoms with E-state index in [0.717, 1.165) is 17.5 Å². The summed E-state index contributed by atoms with van der Waals surface area (Å²) in [6, 6.07) is 7.79. The topological polar surface area (TPSA) is 137 Å². The second kappa shape index (κ2) is 9.27. The Hall–Kier alpha value is -3.60. The van der Waals surface area contributed by atoms with Gasteiger partial charge in [0.1, 0.15) is 6.33 Å². The largest absolute Gasteiger partial charge is 0.382 e. The Morgan fingerprint density at radius 2 is 2.20 bits per heavy atom. The minimum atomic E-state index is -0.184. The Balaban J connectivity index is 1.40. The minimum Gasteiger partial charge on any atom is -0.382 e. The van der Waals surface area contributed by atoms with E-state index in [1.165, 1.54) is 6.33 Å². The molecule has 30 heavy (non-hydrogen) atoms. The van der Waals surface area contributed by atoms with Crippen molar-refractivity contribution in [2.75, 3.05) is 18.5 Å². The summed E-state index contributed by atoms with van der Waals surface area (Å²) in [5, 5.41) is 13.1. The van der Waals surface area contributed by atoms with Crippen LogP contribution < -0.4 is 5.32 Å². The normalized spacial score (nSPS) is 11.2. The van der Waals surface area contributed by atoms with Crippen molar-refractivity contribution < 1.29 is 14.1 Å². The molecular weight excluding hydrogens is 388 g/mol. The van der Waals surface area contributed by atoms with E-state index < -0.39 is 0 Å². The number of imidazole rings is 1. The first-order valence-corrected chi connectivity index (χ1v) is 9.75. The second-order valence-electron chi connectivity index (χ2n) is 6.52. The van der Waals surface area contributed by atoms with Crippen molar-refractivity contribution in [2.45, 2.75) is 32.7 Å². The first-order valence-electron chi connectivity index (χ1n) is 9.75. The van der Waals surface area contributed by atoms with Crippen LogP contribution in [0.3, 0.4) is 0 Å². The predicted octanol–water partition coefficient (Wildman–Crippen LogP) is 2.20. The number of carbonyl (C=O) groups is 1. The Kier molecular flexibility index (Phi) is 6.09. The zero-order chi connectivity index (χ0) is 20.8. The molecule has 0 radical (unpaired) electrons. The number of benzene rings is 1. The molecular formula is C19H22N8O3. The van der Waals surface area contributed by atoms with Gasteiger partial charge in [0.05, 0.1) is 11.0 Å². The summed E-state index contributed by atoms with van der Waals surface area (Å²) in [5.74, 6) is 1.40. The van der Waals surface area contributed by atoms with Crippen LogP contribution in [0.1, 0.15) is 25.7 Å². The molecule has 4 aromatic rings. The number of H-pyrrole nitrogens is 1. The van der Waals surface area contributed by atoms with E-state index in [1.807, 2.05) is 35.8 Å². The number of ether oxygens (including phenoxy) is 1. The van der Waals surface area contributed by atoms with E-state index in [-0.39, 0.29) is 12.3 Å². The van der Waals surface area contributed by atoms with Crippen molar-refractivity contribution in [1.82, 2.24) is 34.9 Å². The number of rotatable bonds is 10. The molecule has 3 heterocycles. The zero-order valence-electron chi connectivity index (χ0n) is 16.5. The molecule has 0 fully saturated rings. The first kappa shape index (κ1) is 19.7. The lowest BCUT2D eigenvalue weighted by molar-refractivity contribution is -0.116. The Morgan fingerprint density at radius 3 is 3.03 bits per heavy atom. The van der Waals surface area contributed by atoms with E-state index >= 15 is 0 Å².